The highest BCUT2D eigenvalue weighted by Crippen LogP contribution is 2.27. The third kappa shape index (κ3) is 4.33. The van der Waals surface area contributed by atoms with Crippen LogP contribution in [0.4, 0.5) is 0 Å². The first-order chi connectivity index (χ1) is 14.0. The second-order valence-corrected chi connectivity index (χ2v) is 7.21. The second-order valence-electron chi connectivity index (χ2n) is 6.80. The van der Waals surface area contributed by atoms with Gasteiger partial charge in [-0.1, -0.05) is 55.8 Å². The van der Waals surface area contributed by atoms with Crippen LogP contribution in [0.25, 0.3) is 0 Å². The molecule has 1 atom stereocenters. The number of halogens is 1. The van der Waals surface area contributed by atoms with E-state index in [1.807, 2.05) is 38.1 Å². The molecule has 0 saturated carbocycles. The van der Waals surface area contributed by atoms with Crippen molar-refractivity contribution in [2.24, 2.45) is 0 Å². The molecule has 1 N–H and O–H groups in total. The fraction of sp³-hybridized carbons (Fsp3) is 0.318. The Kier molecular flexibility index (Phi) is 6.67. The number of imide groups is 1. The Morgan fingerprint density at radius 2 is 1.55 bits per heavy atom. The number of fused-ring (bicyclic) bond motifs is 1. The van der Waals surface area contributed by atoms with Crippen molar-refractivity contribution >= 4 is 29.3 Å². The Hall–Kier alpha value is -2.70. The van der Waals surface area contributed by atoms with Crippen molar-refractivity contribution in [3.8, 4) is 0 Å². The van der Waals surface area contributed by atoms with Crippen molar-refractivity contribution < 1.29 is 14.4 Å². The van der Waals surface area contributed by atoms with E-state index < -0.39 is 11.8 Å². The van der Waals surface area contributed by atoms with E-state index in [1.54, 1.807) is 24.3 Å². The topological polar surface area (TPSA) is 69.7 Å². The summed E-state index contributed by atoms with van der Waals surface area (Å²) < 4.78 is 0. The van der Waals surface area contributed by atoms with Crippen molar-refractivity contribution in [3.05, 3.63) is 70.2 Å². The van der Waals surface area contributed by atoms with Crippen molar-refractivity contribution in [3.63, 3.8) is 0 Å². The predicted octanol–water partition coefficient (Wildman–Crippen LogP) is 3.14. The van der Waals surface area contributed by atoms with Crippen LogP contribution in [0, 0.1) is 0 Å². The van der Waals surface area contributed by atoms with E-state index in [0.717, 1.165) is 23.6 Å². The fourth-order valence-electron chi connectivity index (χ4n) is 3.64. The summed E-state index contributed by atoms with van der Waals surface area (Å²) in [7, 11) is 0. The number of hydrogen-bond donors (Lipinski definition) is 1. The molecule has 0 radical (unpaired) electrons. The van der Waals surface area contributed by atoms with Crippen LogP contribution in [0.3, 0.4) is 0 Å². The van der Waals surface area contributed by atoms with Gasteiger partial charge < -0.3 is 5.32 Å². The largest absolute Gasteiger partial charge is 0.353 e. The van der Waals surface area contributed by atoms with Gasteiger partial charge in [0.2, 0.25) is 5.91 Å². The molecule has 1 heterocycles. The fourth-order valence-corrected chi connectivity index (χ4v) is 3.90. The average molecular weight is 414 g/mol. The molecule has 0 spiro atoms. The third-order valence-corrected chi connectivity index (χ3v) is 5.53. The normalized spacial score (nSPS) is 14.3. The molecule has 3 rings (SSSR count). The molecule has 1 aliphatic heterocycles. The summed E-state index contributed by atoms with van der Waals surface area (Å²) in [6.07, 6.45) is 0. The van der Waals surface area contributed by atoms with Gasteiger partial charge in [0, 0.05) is 11.6 Å². The lowest BCUT2D eigenvalue weighted by Gasteiger charge is -2.31. The summed E-state index contributed by atoms with van der Waals surface area (Å²) in [6.45, 7) is 5.70. The highest BCUT2D eigenvalue weighted by atomic mass is 35.5. The molecule has 3 amide bonds. The highest BCUT2D eigenvalue weighted by molar-refractivity contribution is 6.31. The molecule has 0 aliphatic carbocycles. The molecule has 7 heteroatoms. The summed E-state index contributed by atoms with van der Waals surface area (Å²) in [5.41, 5.74) is 1.60. The molecule has 2 aromatic carbocycles. The molecule has 6 nitrogen and oxygen atoms in total. The van der Waals surface area contributed by atoms with E-state index in [4.69, 9.17) is 11.6 Å². The van der Waals surface area contributed by atoms with Gasteiger partial charge in [0.05, 0.1) is 17.2 Å². The van der Waals surface area contributed by atoms with E-state index in [2.05, 4.69) is 10.2 Å². The quantitative estimate of drug-likeness (QED) is 0.675. The smallest absolute Gasteiger partial charge is 0.262 e. The minimum absolute atomic E-state index is 0.107. The summed E-state index contributed by atoms with van der Waals surface area (Å²) in [5, 5.41) is 3.50. The van der Waals surface area contributed by atoms with Crippen LogP contribution in [-0.4, -0.2) is 53.7 Å². The lowest BCUT2D eigenvalue weighted by atomic mass is 10.0. The number of benzene rings is 2. The van der Waals surface area contributed by atoms with Gasteiger partial charge in [-0.2, -0.15) is 0 Å². The van der Waals surface area contributed by atoms with Crippen LogP contribution in [0.15, 0.2) is 48.5 Å². The maximum absolute atomic E-state index is 12.6. The summed E-state index contributed by atoms with van der Waals surface area (Å²) >= 11 is 6.38. The molecule has 0 bridgehead atoms. The Balaban J connectivity index is 1.69. The minimum Gasteiger partial charge on any atom is -0.353 e. The van der Waals surface area contributed by atoms with Crippen LogP contribution in [0.2, 0.25) is 5.02 Å². The molecular weight excluding hydrogens is 390 g/mol. The van der Waals surface area contributed by atoms with Gasteiger partial charge in [0.15, 0.2) is 0 Å². The monoisotopic (exact) mass is 413 g/mol. The van der Waals surface area contributed by atoms with E-state index in [9.17, 15) is 14.4 Å². The minimum atomic E-state index is -0.438. The average Bonchev–Trinajstić information content (AvgIpc) is 2.97. The predicted molar refractivity (Wildman–Crippen MR) is 112 cm³/mol. The molecule has 2 aromatic rings. The molecule has 29 heavy (non-hydrogen) atoms. The second kappa shape index (κ2) is 9.20. The number of amides is 3. The number of carbonyl (C=O) groups is 3. The molecule has 1 aliphatic rings. The molecule has 152 valence electrons. The first kappa shape index (κ1) is 21.0. The molecular formula is C22H24ClN3O3. The lowest BCUT2D eigenvalue weighted by Crippen LogP contribution is -2.43. The number of carbonyl (C=O) groups excluding carboxylic acids is 3. The Labute approximate surface area is 175 Å². The molecule has 0 saturated heterocycles. The number of rotatable bonds is 8. The maximum atomic E-state index is 12.6. The molecule has 0 fully saturated rings. The van der Waals surface area contributed by atoms with Crippen LogP contribution >= 0.6 is 11.6 Å². The van der Waals surface area contributed by atoms with E-state index in [0.29, 0.717) is 22.7 Å². The van der Waals surface area contributed by atoms with Crippen LogP contribution in [0.1, 0.15) is 46.2 Å². The van der Waals surface area contributed by atoms with Crippen LogP contribution in [0.5, 0.6) is 0 Å². The number of likely N-dealkylation sites (N-methyl/N-ethyl adjacent to an activating group) is 1. The first-order valence-electron chi connectivity index (χ1n) is 9.68. The number of nitrogens with one attached hydrogen (secondary N) is 1. The van der Waals surface area contributed by atoms with Crippen molar-refractivity contribution in [1.29, 1.82) is 0 Å². The third-order valence-electron chi connectivity index (χ3n) is 5.19. The molecule has 0 aromatic heterocycles. The maximum Gasteiger partial charge on any atom is 0.262 e. The summed E-state index contributed by atoms with van der Waals surface area (Å²) in [5.74, 6) is -1.26. The lowest BCUT2D eigenvalue weighted by molar-refractivity contribution is -0.121. The highest BCUT2D eigenvalue weighted by Gasteiger charge is 2.36. The van der Waals surface area contributed by atoms with Gasteiger partial charge in [-0.05, 0) is 36.9 Å². The standard InChI is InChI=1S/C22H24ClN3O3/c1-3-25(4-2)19(17-11-7-8-12-18(17)23)13-24-20(27)14-26-21(28)15-9-5-6-10-16(15)22(26)29/h5-12,19H,3-4,13-14H2,1-2H3,(H,24,27). The Morgan fingerprint density at radius 3 is 2.10 bits per heavy atom. The van der Waals surface area contributed by atoms with Crippen molar-refractivity contribution in [1.82, 2.24) is 15.1 Å². The van der Waals surface area contributed by atoms with Gasteiger partial charge in [0.1, 0.15) is 6.54 Å². The van der Waals surface area contributed by atoms with Gasteiger partial charge in [0.25, 0.3) is 11.8 Å². The van der Waals surface area contributed by atoms with Gasteiger partial charge in [-0.3, -0.25) is 24.2 Å². The van der Waals surface area contributed by atoms with E-state index >= 15 is 0 Å². The van der Waals surface area contributed by atoms with Crippen molar-refractivity contribution in [2.45, 2.75) is 19.9 Å². The van der Waals surface area contributed by atoms with Gasteiger partial charge >= 0.3 is 0 Å². The zero-order valence-electron chi connectivity index (χ0n) is 16.5. The van der Waals surface area contributed by atoms with Gasteiger partial charge in [-0.15, -0.1) is 0 Å². The van der Waals surface area contributed by atoms with Crippen LogP contribution in [-0.2, 0) is 4.79 Å². The molecule has 1 unspecified atom stereocenters. The Bertz CT molecular complexity index is 892. The summed E-state index contributed by atoms with van der Waals surface area (Å²) in [4.78, 5) is 40.6. The zero-order valence-corrected chi connectivity index (χ0v) is 17.3. The SMILES string of the molecule is CCN(CC)C(CNC(=O)CN1C(=O)c2ccccc2C1=O)c1ccccc1Cl. The zero-order chi connectivity index (χ0) is 21.0. The Morgan fingerprint density at radius 1 is 1.00 bits per heavy atom. The van der Waals surface area contributed by atoms with E-state index in [-0.39, 0.29) is 18.5 Å². The number of nitrogens with zero attached hydrogens (tertiary/aromatic N) is 2. The van der Waals surface area contributed by atoms with Crippen LogP contribution < -0.4 is 5.32 Å². The number of hydrogen-bond acceptors (Lipinski definition) is 4. The van der Waals surface area contributed by atoms with Gasteiger partial charge in [-0.25, -0.2) is 0 Å². The summed E-state index contributed by atoms with van der Waals surface area (Å²) in [6, 6.07) is 14.0. The van der Waals surface area contributed by atoms with Crippen molar-refractivity contribution in [2.75, 3.05) is 26.2 Å². The van der Waals surface area contributed by atoms with E-state index in [1.165, 1.54) is 0 Å². The first-order valence-corrected chi connectivity index (χ1v) is 10.1.